The number of unbranched alkanes of at least 4 members (excludes halogenated alkanes) is 12. The van der Waals surface area contributed by atoms with Gasteiger partial charge in [0.05, 0.1) is 13.2 Å². The molecule has 0 spiro atoms. The molecule has 0 bridgehead atoms. The average molecular weight is 867 g/mol. The summed E-state index contributed by atoms with van der Waals surface area (Å²) < 4.78 is 29.8. The van der Waals surface area contributed by atoms with E-state index in [-0.39, 0.29) is 46.0 Å². The molecule has 58 heavy (non-hydrogen) atoms. The third kappa shape index (κ3) is 25.6. The zero-order chi connectivity index (χ0) is 42.6. The van der Waals surface area contributed by atoms with Crippen molar-refractivity contribution in [3.05, 3.63) is 0 Å². The Hall–Kier alpha value is -2.81. The number of amides is 4. The lowest BCUT2D eigenvalue weighted by atomic mass is 10.1. The Morgan fingerprint density at radius 3 is 1.43 bits per heavy atom. The monoisotopic (exact) mass is 866 g/mol. The Morgan fingerprint density at radius 2 is 1.07 bits per heavy atom. The van der Waals surface area contributed by atoms with E-state index < -0.39 is 51.7 Å². The van der Waals surface area contributed by atoms with Crippen molar-refractivity contribution >= 4 is 58.1 Å². The van der Waals surface area contributed by atoms with Gasteiger partial charge in [-0.1, -0.05) is 71.6 Å². The topological polar surface area (TPSA) is 208 Å². The van der Waals surface area contributed by atoms with Crippen molar-refractivity contribution < 1.29 is 61.5 Å². The molecule has 0 saturated carbocycles. The van der Waals surface area contributed by atoms with Gasteiger partial charge in [0, 0.05) is 63.8 Å². The molecule has 0 radical (unpaired) electrons. The van der Waals surface area contributed by atoms with Gasteiger partial charge in [0.15, 0.2) is 6.40 Å². The van der Waals surface area contributed by atoms with Crippen molar-refractivity contribution in [3.8, 4) is 0 Å². The molecule has 17 nitrogen and oxygen atoms in total. The van der Waals surface area contributed by atoms with E-state index in [1.54, 1.807) is 0 Å². The molecule has 1 N–H and O–H groups in total. The SMILES string of the molecule is C.CCN=COP(OCCCCCCCCCC(=O)ON1C(=O)CCC1=O)N(C(C)C)C(C)C.CP(=O)(O)OCCCCCCCCCC(=O)ON1C(=O)CCC1=O. The van der Waals surface area contributed by atoms with Crippen LogP contribution in [-0.4, -0.2) is 100 Å². The summed E-state index contributed by atoms with van der Waals surface area (Å²) in [7, 11) is -4.52. The summed E-state index contributed by atoms with van der Waals surface area (Å²) in [5.41, 5.74) is 0. The van der Waals surface area contributed by atoms with Crippen molar-refractivity contribution in [3.63, 3.8) is 0 Å². The first-order valence-corrected chi connectivity index (χ1v) is 23.7. The molecule has 2 aliphatic heterocycles. The molecule has 2 fully saturated rings. The van der Waals surface area contributed by atoms with Crippen LogP contribution in [0, 0.1) is 0 Å². The minimum Gasteiger partial charge on any atom is -0.425 e. The van der Waals surface area contributed by atoms with E-state index in [2.05, 4.69) is 37.4 Å². The van der Waals surface area contributed by atoms with Gasteiger partial charge in [0.1, 0.15) is 0 Å². The number of nitrogens with zero attached hydrogens (tertiary/aromatic N) is 4. The number of rotatable bonds is 30. The van der Waals surface area contributed by atoms with Gasteiger partial charge in [-0.2, -0.15) is 0 Å². The van der Waals surface area contributed by atoms with E-state index in [4.69, 9.17) is 28.1 Å². The van der Waals surface area contributed by atoms with Gasteiger partial charge in [-0.15, -0.1) is 10.1 Å². The number of imide groups is 2. The van der Waals surface area contributed by atoms with Crippen LogP contribution in [0.15, 0.2) is 4.99 Å². The molecule has 0 aromatic heterocycles. The van der Waals surface area contributed by atoms with E-state index in [1.807, 2.05) is 6.92 Å². The zero-order valence-electron chi connectivity index (χ0n) is 35.0. The third-order valence-electron chi connectivity index (χ3n) is 8.62. The molecule has 2 unspecified atom stereocenters. The number of carbonyl (C=O) groups excluding carboxylic acids is 6. The lowest BCUT2D eigenvalue weighted by molar-refractivity contribution is -0.197. The highest BCUT2D eigenvalue weighted by Gasteiger charge is 2.33. The first-order valence-electron chi connectivity index (χ1n) is 20.5. The quantitative estimate of drug-likeness (QED) is 0.0237. The summed E-state index contributed by atoms with van der Waals surface area (Å²) in [6.45, 7) is 13.4. The van der Waals surface area contributed by atoms with Crippen LogP contribution < -0.4 is 0 Å². The van der Waals surface area contributed by atoms with Crippen LogP contribution in [0.3, 0.4) is 0 Å². The number of hydrogen-bond acceptors (Lipinski definition) is 14. The van der Waals surface area contributed by atoms with Gasteiger partial charge in [0.25, 0.3) is 23.6 Å². The highest BCUT2D eigenvalue weighted by molar-refractivity contribution is 7.51. The number of hydroxylamine groups is 4. The molecule has 0 aromatic carbocycles. The maximum absolute atomic E-state index is 11.8. The van der Waals surface area contributed by atoms with Crippen LogP contribution in [0.25, 0.3) is 0 Å². The second-order valence-corrected chi connectivity index (χ2v) is 17.8. The van der Waals surface area contributed by atoms with Crippen LogP contribution in [-0.2, 0) is 56.6 Å². The summed E-state index contributed by atoms with van der Waals surface area (Å²) in [5.74, 6) is -2.87. The van der Waals surface area contributed by atoms with Crippen molar-refractivity contribution in [2.45, 2.75) is 183 Å². The highest BCUT2D eigenvalue weighted by Crippen LogP contribution is 2.45. The van der Waals surface area contributed by atoms with Crippen molar-refractivity contribution in [1.29, 1.82) is 0 Å². The van der Waals surface area contributed by atoms with E-state index in [0.717, 1.165) is 77.0 Å². The highest BCUT2D eigenvalue weighted by atomic mass is 31.2. The average Bonchev–Trinajstić information content (AvgIpc) is 3.62. The van der Waals surface area contributed by atoms with Crippen molar-refractivity contribution in [1.82, 2.24) is 14.8 Å². The van der Waals surface area contributed by atoms with Gasteiger partial charge in [0.2, 0.25) is 0 Å². The Morgan fingerprint density at radius 1 is 0.707 bits per heavy atom. The van der Waals surface area contributed by atoms with E-state index in [9.17, 15) is 33.3 Å². The minimum absolute atomic E-state index is 0. The Balaban J connectivity index is 0.00000115. The predicted octanol–water partition coefficient (Wildman–Crippen LogP) is 8.32. The Bertz CT molecular complexity index is 1270. The maximum atomic E-state index is 11.8. The van der Waals surface area contributed by atoms with E-state index >= 15 is 0 Å². The van der Waals surface area contributed by atoms with E-state index in [1.165, 1.54) is 13.1 Å². The zero-order valence-corrected chi connectivity index (χ0v) is 36.8. The first kappa shape index (κ1) is 55.2. The molecule has 0 aliphatic carbocycles. The van der Waals surface area contributed by atoms with Crippen LogP contribution in [0.4, 0.5) is 0 Å². The summed E-state index contributed by atoms with van der Waals surface area (Å²) >= 11 is 0. The molecule has 2 aliphatic rings. The molecule has 19 heteroatoms. The largest absolute Gasteiger partial charge is 0.425 e. The Labute approximate surface area is 347 Å². The van der Waals surface area contributed by atoms with Gasteiger partial charge in [-0.3, -0.25) is 28.7 Å². The normalized spacial score (nSPS) is 15.9. The van der Waals surface area contributed by atoms with Gasteiger partial charge in [-0.05, 0) is 60.3 Å². The van der Waals surface area contributed by atoms with Gasteiger partial charge < -0.3 is 28.1 Å². The van der Waals surface area contributed by atoms with Crippen LogP contribution in [0.5, 0.6) is 0 Å². The van der Waals surface area contributed by atoms with Crippen molar-refractivity contribution in [2.24, 2.45) is 4.99 Å². The maximum Gasteiger partial charge on any atom is 0.333 e. The summed E-state index contributed by atoms with van der Waals surface area (Å²) in [4.78, 5) is 91.5. The molecule has 2 heterocycles. The fraction of sp³-hybridized carbons (Fsp3) is 0.821. The molecule has 336 valence electrons. The lowest BCUT2D eigenvalue weighted by Gasteiger charge is -2.34. The smallest absolute Gasteiger partial charge is 0.333 e. The molecular weight excluding hydrogens is 794 g/mol. The first-order chi connectivity index (χ1) is 27.1. The summed E-state index contributed by atoms with van der Waals surface area (Å²) in [6, 6.07) is 0.638. The molecule has 2 rings (SSSR count). The van der Waals surface area contributed by atoms with Crippen LogP contribution >= 0.6 is 16.1 Å². The molecule has 0 aromatic rings. The fourth-order valence-electron chi connectivity index (χ4n) is 5.77. The fourth-order valence-corrected chi connectivity index (χ4v) is 7.73. The van der Waals surface area contributed by atoms with E-state index in [0.29, 0.717) is 54.8 Å². The van der Waals surface area contributed by atoms with Crippen molar-refractivity contribution in [2.75, 3.05) is 26.4 Å². The standard InChI is InChI=1S/C23H42N3O6P.C15H26NO7P.CH4/c1-6-24-18-31-33(26(19(2)3)20(4)5)30-17-13-11-9-7-8-10-12-14-23(29)32-25-21(27)15-16-22(25)28;1-24(20,21)22-12-8-6-4-2-3-5-7-9-15(19)23-16-13(17)10-11-14(16)18;/h18-20H,6-17H2,1-5H3;2-12H2,1H3,(H,20,21);1H4. The van der Waals surface area contributed by atoms with Crippen LogP contribution in [0.1, 0.15) is 170 Å². The number of aliphatic imine (C=N–C) groups is 1. The summed E-state index contributed by atoms with van der Waals surface area (Å²) in [5, 5.41) is 1.19. The Kier molecular flexibility index (Phi) is 30.5. The second kappa shape index (κ2) is 32.0. The number of carbonyl (C=O) groups is 6. The molecule has 2 atom stereocenters. The second-order valence-electron chi connectivity index (χ2n) is 14.5. The predicted molar refractivity (Wildman–Crippen MR) is 222 cm³/mol. The molecular formula is C39H72N4O13P2. The molecule has 2 saturated heterocycles. The summed E-state index contributed by atoms with van der Waals surface area (Å²) in [6.07, 6.45) is 15.5. The minimum atomic E-state index is -3.35. The van der Waals surface area contributed by atoms with Crippen LogP contribution in [0.2, 0.25) is 0 Å². The van der Waals surface area contributed by atoms with Gasteiger partial charge in [-0.25, -0.2) is 14.3 Å². The lowest BCUT2D eigenvalue weighted by Crippen LogP contribution is -2.33. The third-order valence-corrected chi connectivity index (χ3v) is 11.3. The molecule has 4 amide bonds. The number of hydrogen-bond donors (Lipinski definition) is 1. The van der Waals surface area contributed by atoms with Gasteiger partial charge >= 0.3 is 28.1 Å².